The van der Waals surface area contributed by atoms with Crippen LogP contribution in [0.2, 0.25) is 0 Å². The number of halogens is 1. The van der Waals surface area contributed by atoms with Crippen molar-refractivity contribution in [3.8, 4) is 0 Å². The minimum absolute atomic E-state index is 0.626. The van der Waals surface area contributed by atoms with E-state index in [0.717, 1.165) is 18.7 Å². The van der Waals surface area contributed by atoms with Crippen molar-refractivity contribution >= 4 is 22.6 Å². The maximum atomic E-state index is 5.22. The van der Waals surface area contributed by atoms with Gasteiger partial charge in [-0.3, -0.25) is 0 Å². The summed E-state index contributed by atoms with van der Waals surface area (Å²) in [4.78, 5) is 0. The van der Waals surface area contributed by atoms with Crippen LogP contribution in [0.15, 0.2) is 4.42 Å². The normalized spacial score (nSPS) is 13.4. The molecule has 0 amide bonds. The predicted octanol–water partition coefficient (Wildman–Crippen LogP) is 2.26. The quantitative estimate of drug-likeness (QED) is 0.788. The Kier molecular flexibility index (Phi) is 3.29. The van der Waals surface area contributed by atoms with E-state index in [1.54, 1.807) is 0 Å². The summed E-state index contributed by atoms with van der Waals surface area (Å²) in [5, 5.41) is 7.65. The number of hydrogen-bond acceptors (Lipinski definition) is 3. The van der Waals surface area contributed by atoms with E-state index in [1.165, 1.54) is 0 Å². The van der Waals surface area contributed by atoms with E-state index < -0.39 is 0 Å². The van der Waals surface area contributed by atoms with Crippen molar-refractivity contribution in [2.75, 3.05) is 0 Å². The predicted molar refractivity (Wildman–Crippen MR) is 50.2 cm³/mol. The van der Waals surface area contributed by atoms with Crippen molar-refractivity contribution in [1.29, 1.82) is 0 Å². The third-order valence-corrected chi connectivity index (χ3v) is 2.10. The molecular weight excluding hydrogens is 255 g/mol. The number of nitrogens with zero attached hydrogens (tertiary/aromatic N) is 2. The molecule has 1 aromatic rings. The average molecular weight is 266 g/mol. The summed E-state index contributed by atoms with van der Waals surface area (Å²) < 4.78 is 5.85. The largest absolute Gasteiger partial charge is 0.416 e. The molecule has 62 valence electrons. The van der Waals surface area contributed by atoms with Crippen molar-refractivity contribution in [3.63, 3.8) is 0 Å². The van der Waals surface area contributed by atoms with Gasteiger partial charge in [0.15, 0.2) is 0 Å². The van der Waals surface area contributed by atoms with Crippen LogP contribution in [0.4, 0.5) is 0 Å². The maximum absolute atomic E-state index is 5.22. The van der Waals surface area contributed by atoms with Crippen molar-refractivity contribution in [3.05, 3.63) is 9.79 Å². The third-order valence-electron chi connectivity index (χ3n) is 1.66. The smallest absolute Gasteiger partial charge is 0.278 e. The first kappa shape index (κ1) is 8.96. The van der Waals surface area contributed by atoms with Crippen LogP contribution < -0.4 is 0 Å². The van der Waals surface area contributed by atoms with Crippen molar-refractivity contribution in [2.45, 2.75) is 26.7 Å². The Morgan fingerprint density at radius 2 is 2.27 bits per heavy atom. The van der Waals surface area contributed by atoms with Crippen LogP contribution in [0, 0.1) is 9.82 Å². The Balaban J connectivity index is 2.50. The Hall–Kier alpha value is -0.130. The van der Waals surface area contributed by atoms with Gasteiger partial charge in [0.2, 0.25) is 5.89 Å². The van der Waals surface area contributed by atoms with Crippen LogP contribution >= 0.6 is 22.6 Å². The molecule has 3 nitrogen and oxygen atoms in total. The molecule has 4 heteroatoms. The molecule has 1 rings (SSSR count). The third kappa shape index (κ3) is 2.76. The van der Waals surface area contributed by atoms with Crippen LogP contribution in [0.25, 0.3) is 0 Å². The second kappa shape index (κ2) is 4.04. The lowest BCUT2D eigenvalue weighted by molar-refractivity contribution is 0.423. The molecule has 0 aromatic carbocycles. The summed E-state index contributed by atoms with van der Waals surface area (Å²) in [5.74, 6) is 1.38. The van der Waals surface area contributed by atoms with Crippen LogP contribution in [0.3, 0.4) is 0 Å². The van der Waals surface area contributed by atoms with Crippen molar-refractivity contribution in [2.24, 2.45) is 5.92 Å². The maximum Gasteiger partial charge on any atom is 0.278 e. The molecule has 0 saturated carbocycles. The molecule has 0 spiro atoms. The number of hydrogen-bond donors (Lipinski definition) is 0. The first-order valence-electron chi connectivity index (χ1n) is 3.70. The van der Waals surface area contributed by atoms with Gasteiger partial charge >= 0.3 is 0 Å². The zero-order valence-corrected chi connectivity index (χ0v) is 8.83. The molecule has 1 aromatic heterocycles. The van der Waals surface area contributed by atoms with E-state index in [0.29, 0.717) is 9.82 Å². The van der Waals surface area contributed by atoms with Gasteiger partial charge in [0, 0.05) is 29.0 Å². The van der Waals surface area contributed by atoms with Gasteiger partial charge in [-0.2, -0.15) is 0 Å². The van der Waals surface area contributed by atoms with Crippen LogP contribution in [0.5, 0.6) is 0 Å². The van der Waals surface area contributed by atoms with Gasteiger partial charge < -0.3 is 4.42 Å². The van der Waals surface area contributed by atoms with E-state index in [1.807, 2.05) is 22.6 Å². The lowest BCUT2D eigenvalue weighted by Gasteiger charge is -2.01. The van der Waals surface area contributed by atoms with Gasteiger partial charge in [-0.05, 0) is 5.92 Å². The standard InChI is InChI=1S/C7H11IN2O/c1-3-5(2)4-6-9-10-7(8)11-6/h5H,3-4H2,1-2H3. The molecule has 0 saturated heterocycles. The zero-order valence-electron chi connectivity index (χ0n) is 6.67. The second-order valence-corrected chi connectivity index (χ2v) is 3.59. The molecule has 0 fully saturated rings. The number of rotatable bonds is 3. The SMILES string of the molecule is CCC(C)Cc1nnc(I)o1. The van der Waals surface area contributed by atoms with Gasteiger partial charge in [0.25, 0.3) is 3.90 Å². The van der Waals surface area contributed by atoms with Gasteiger partial charge in [-0.15, -0.1) is 10.2 Å². The van der Waals surface area contributed by atoms with E-state index in [2.05, 4.69) is 24.0 Å². The lowest BCUT2D eigenvalue weighted by Crippen LogP contribution is -1.97. The molecule has 0 aliphatic heterocycles. The Bertz CT molecular complexity index is 224. The minimum Gasteiger partial charge on any atom is -0.416 e. The summed E-state index contributed by atoms with van der Waals surface area (Å²) in [6.07, 6.45) is 2.05. The molecule has 0 N–H and O–H groups in total. The highest BCUT2D eigenvalue weighted by Gasteiger charge is 2.06. The molecule has 0 aliphatic rings. The van der Waals surface area contributed by atoms with Gasteiger partial charge in [-0.1, -0.05) is 20.3 Å². The highest BCUT2D eigenvalue weighted by molar-refractivity contribution is 14.1. The van der Waals surface area contributed by atoms with E-state index in [9.17, 15) is 0 Å². The summed E-state index contributed by atoms with van der Waals surface area (Å²) >= 11 is 2.02. The van der Waals surface area contributed by atoms with Gasteiger partial charge in [0.05, 0.1) is 0 Å². The Morgan fingerprint density at radius 3 is 2.73 bits per heavy atom. The molecule has 0 aliphatic carbocycles. The molecule has 1 atom stereocenters. The first-order valence-corrected chi connectivity index (χ1v) is 4.78. The average Bonchev–Trinajstić information content (AvgIpc) is 2.35. The molecule has 11 heavy (non-hydrogen) atoms. The summed E-state index contributed by atoms with van der Waals surface area (Å²) in [7, 11) is 0. The second-order valence-electron chi connectivity index (χ2n) is 2.67. The minimum atomic E-state index is 0.626. The van der Waals surface area contributed by atoms with Crippen LogP contribution in [-0.4, -0.2) is 10.2 Å². The highest BCUT2D eigenvalue weighted by atomic mass is 127. The van der Waals surface area contributed by atoms with Gasteiger partial charge in [-0.25, -0.2) is 0 Å². The van der Waals surface area contributed by atoms with E-state index >= 15 is 0 Å². The highest BCUT2D eigenvalue weighted by Crippen LogP contribution is 2.10. The lowest BCUT2D eigenvalue weighted by atomic mass is 10.1. The number of aromatic nitrogens is 2. The molecular formula is C7H11IN2O. The van der Waals surface area contributed by atoms with Gasteiger partial charge in [0.1, 0.15) is 0 Å². The molecule has 0 bridgehead atoms. The molecule has 1 heterocycles. The first-order chi connectivity index (χ1) is 5.22. The monoisotopic (exact) mass is 266 g/mol. The van der Waals surface area contributed by atoms with Crippen LogP contribution in [0.1, 0.15) is 26.2 Å². The topological polar surface area (TPSA) is 38.9 Å². The molecule has 1 unspecified atom stereocenters. The fourth-order valence-corrected chi connectivity index (χ4v) is 1.12. The summed E-state index contributed by atoms with van der Waals surface area (Å²) in [6, 6.07) is 0. The van der Waals surface area contributed by atoms with Crippen molar-refractivity contribution in [1.82, 2.24) is 10.2 Å². The summed E-state index contributed by atoms with van der Waals surface area (Å²) in [5.41, 5.74) is 0. The Labute approximate surface area is 79.7 Å². The van der Waals surface area contributed by atoms with E-state index in [-0.39, 0.29) is 0 Å². The molecule has 0 radical (unpaired) electrons. The fourth-order valence-electron chi connectivity index (χ4n) is 0.758. The zero-order chi connectivity index (χ0) is 8.27. The van der Waals surface area contributed by atoms with Crippen LogP contribution in [-0.2, 0) is 6.42 Å². The van der Waals surface area contributed by atoms with E-state index in [4.69, 9.17) is 4.42 Å². The Morgan fingerprint density at radius 1 is 1.55 bits per heavy atom. The van der Waals surface area contributed by atoms with Crippen molar-refractivity contribution < 1.29 is 4.42 Å². The fraction of sp³-hybridized carbons (Fsp3) is 0.714. The summed E-state index contributed by atoms with van der Waals surface area (Å²) in [6.45, 7) is 4.34.